The van der Waals surface area contributed by atoms with E-state index in [0.717, 1.165) is 37.8 Å². The number of hydrogen-bond donors (Lipinski definition) is 1. The topological polar surface area (TPSA) is 34.4 Å². The average Bonchev–Trinajstić information content (AvgIpc) is 3.05. The van der Waals surface area contributed by atoms with Crippen molar-refractivity contribution in [3.63, 3.8) is 0 Å². The first-order valence-electron chi connectivity index (χ1n) is 6.73. The van der Waals surface area contributed by atoms with Gasteiger partial charge in [-0.2, -0.15) is 0 Å². The SMILES string of the molecule is CCCNCc1coc(COCCC2CC2)c1. The molecule has 0 amide bonds. The fraction of sp³-hybridized carbons (Fsp3) is 0.714. The van der Waals surface area contributed by atoms with Crippen molar-refractivity contribution < 1.29 is 9.15 Å². The molecule has 0 aliphatic heterocycles. The van der Waals surface area contributed by atoms with Gasteiger partial charge in [-0.3, -0.25) is 0 Å². The highest BCUT2D eigenvalue weighted by Gasteiger charge is 2.20. The summed E-state index contributed by atoms with van der Waals surface area (Å²) in [6, 6.07) is 2.08. The number of rotatable bonds is 9. The molecule has 0 aromatic carbocycles. The first kappa shape index (κ1) is 12.7. The quantitative estimate of drug-likeness (QED) is 0.670. The van der Waals surface area contributed by atoms with E-state index in [0.29, 0.717) is 6.61 Å². The lowest BCUT2D eigenvalue weighted by molar-refractivity contribution is 0.101. The van der Waals surface area contributed by atoms with Crippen LogP contribution < -0.4 is 5.32 Å². The molecule has 1 saturated carbocycles. The van der Waals surface area contributed by atoms with Crippen LogP contribution in [0.4, 0.5) is 0 Å². The second-order valence-corrected chi connectivity index (χ2v) is 4.88. The first-order valence-corrected chi connectivity index (χ1v) is 6.73. The van der Waals surface area contributed by atoms with Crippen molar-refractivity contribution in [3.05, 3.63) is 23.7 Å². The van der Waals surface area contributed by atoms with E-state index < -0.39 is 0 Å². The predicted octanol–water partition coefficient (Wildman–Crippen LogP) is 3.10. The van der Waals surface area contributed by atoms with Gasteiger partial charge in [-0.25, -0.2) is 0 Å². The monoisotopic (exact) mass is 237 g/mol. The van der Waals surface area contributed by atoms with Crippen LogP contribution in [-0.2, 0) is 17.9 Å². The van der Waals surface area contributed by atoms with E-state index in [4.69, 9.17) is 9.15 Å². The summed E-state index contributed by atoms with van der Waals surface area (Å²) < 4.78 is 11.0. The fourth-order valence-corrected chi connectivity index (χ4v) is 1.83. The molecule has 1 aromatic heterocycles. The van der Waals surface area contributed by atoms with Crippen molar-refractivity contribution >= 4 is 0 Å². The molecule has 3 heteroatoms. The van der Waals surface area contributed by atoms with Crippen molar-refractivity contribution in [2.75, 3.05) is 13.2 Å². The molecule has 0 unspecified atom stereocenters. The summed E-state index contributed by atoms with van der Waals surface area (Å²) in [5.74, 6) is 1.88. The molecule has 0 spiro atoms. The lowest BCUT2D eigenvalue weighted by Crippen LogP contribution is -2.13. The zero-order valence-corrected chi connectivity index (χ0v) is 10.7. The van der Waals surface area contributed by atoms with Crippen molar-refractivity contribution in [3.8, 4) is 0 Å². The number of nitrogens with one attached hydrogen (secondary N) is 1. The van der Waals surface area contributed by atoms with Crippen molar-refractivity contribution in [1.29, 1.82) is 0 Å². The van der Waals surface area contributed by atoms with Gasteiger partial charge >= 0.3 is 0 Å². The van der Waals surface area contributed by atoms with Gasteiger partial charge in [0.25, 0.3) is 0 Å². The van der Waals surface area contributed by atoms with Crippen LogP contribution in [0.3, 0.4) is 0 Å². The molecular weight excluding hydrogens is 214 g/mol. The van der Waals surface area contributed by atoms with E-state index in [9.17, 15) is 0 Å². The maximum atomic E-state index is 5.60. The second kappa shape index (κ2) is 6.82. The fourth-order valence-electron chi connectivity index (χ4n) is 1.83. The molecule has 0 saturated heterocycles. The van der Waals surface area contributed by atoms with Gasteiger partial charge in [0.2, 0.25) is 0 Å². The maximum absolute atomic E-state index is 5.60. The molecule has 1 heterocycles. The van der Waals surface area contributed by atoms with Gasteiger partial charge in [0, 0.05) is 18.7 Å². The predicted molar refractivity (Wildman–Crippen MR) is 67.7 cm³/mol. The smallest absolute Gasteiger partial charge is 0.129 e. The van der Waals surface area contributed by atoms with E-state index >= 15 is 0 Å². The lowest BCUT2D eigenvalue weighted by atomic mass is 10.3. The molecule has 17 heavy (non-hydrogen) atoms. The summed E-state index contributed by atoms with van der Waals surface area (Å²) >= 11 is 0. The molecule has 0 radical (unpaired) electrons. The third-order valence-electron chi connectivity index (χ3n) is 3.08. The van der Waals surface area contributed by atoms with E-state index in [1.165, 1.54) is 24.8 Å². The molecule has 96 valence electrons. The van der Waals surface area contributed by atoms with Crippen LogP contribution in [0.5, 0.6) is 0 Å². The van der Waals surface area contributed by atoms with Crippen LogP contribution in [0.25, 0.3) is 0 Å². The van der Waals surface area contributed by atoms with Gasteiger partial charge in [-0.1, -0.05) is 19.8 Å². The van der Waals surface area contributed by atoms with Crippen LogP contribution in [0.15, 0.2) is 16.7 Å². The first-order chi connectivity index (χ1) is 8.38. The Morgan fingerprint density at radius 1 is 1.47 bits per heavy atom. The van der Waals surface area contributed by atoms with E-state index in [-0.39, 0.29) is 0 Å². The van der Waals surface area contributed by atoms with Crippen LogP contribution in [-0.4, -0.2) is 13.2 Å². The minimum Gasteiger partial charge on any atom is -0.467 e. The second-order valence-electron chi connectivity index (χ2n) is 4.88. The van der Waals surface area contributed by atoms with Crippen molar-refractivity contribution in [2.24, 2.45) is 5.92 Å². The van der Waals surface area contributed by atoms with Crippen LogP contribution in [0, 0.1) is 5.92 Å². The molecule has 3 nitrogen and oxygen atoms in total. The van der Waals surface area contributed by atoms with Gasteiger partial charge in [-0.05, 0) is 31.4 Å². The van der Waals surface area contributed by atoms with Gasteiger partial charge in [0.15, 0.2) is 0 Å². The third kappa shape index (κ3) is 4.92. The van der Waals surface area contributed by atoms with Gasteiger partial charge in [0.05, 0.1) is 6.26 Å². The van der Waals surface area contributed by atoms with E-state index in [2.05, 4.69) is 18.3 Å². The van der Waals surface area contributed by atoms with Gasteiger partial charge in [0.1, 0.15) is 12.4 Å². The van der Waals surface area contributed by atoms with Gasteiger partial charge < -0.3 is 14.5 Å². The third-order valence-corrected chi connectivity index (χ3v) is 3.08. The minimum absolute atomic E-state index is 0.612. The summed E-state index contributed by atoms with van der Waals surface area (Å²) in [5, 5.41) is 3.35. The zero-order chi connectivity index (χ0) is 11.9. The summed E-state index contributed by atoms with van der Waals surface area (Å²) in [6.45, 7) is 5.59. The Balaban J connectivity index is 1.59. The Morgan fingerprint density at radius 2 is 2.35 bits per heavy atom. The Labute approximate surface area is 104 Å². The molecular formula is C14H23NO2. The standard InChI is InChI=1S/C14H23NO2/c1-2-6-15-9-13-8-14(17-10-13)11-16-7-5-12-3-4-12/h8,10,12,15H,2-7,9,11H2,1H3. The molecule has 0 atom stereocenters. The molecule has 0 bridgehead atoms. The number of hydrogen-bond acceptors (Lipinski definition) is 3. The molecule has 1 aliphatic carbocycles. The molecule has 1 aliphatic rings. The Morgan fingerprint density at radius 3 is 3.12 bits per heavy atom. The van der Waals surface area contributed by atoms with E-state index in [1.54, 1.807) is 0 Å². The number of ether oxygens (including phenoxy) is 1. The summed E-state index contributed by atoms with van der Waals surface area (Å²) in [6.07, 6.45) is 7.00. The maximum Gasteiger partial charge on any atom is 0.129 e. The minimum atomic E-state index is 0.612. The molecule has 1 N–H and O–H groups in total. The molecule has 1 aromatic rings. The Kier molecular flexibility index (Phi) is 5.08. The normalized spacial score (nSPS) is 15.4. The van der Waals surface area contributed by atoms with Crippen LogP contribution in [0.2, 0.25) is 0 Å². The van der Waals surface area contributed by atoms with Gasteiger partial charge in [-0.15, -0.1) is 0 Å². The van der Waals surface area contributed by atoms with Crippen molar-refractivity contribution in [1.82, 2.24) is 5.32 Å². The van der Waals surface area contributed by atoms with E-state index in [1.807, 2.05) is 6.26 Å². The van der Waals surface area contributed by atoms with Crippen LogP contribution >= 0.6 is 0 Å². The summed E-state index contributed by atoms with van der Waals surface area (Å²) in [7, 11) is 0. The lowest BCUT2D eigenvalue weighted by Gasteiger charge is -2.00. The Hall–Kier alpha value is -0.800. The molecule has 2 rings (SSSR count). The average molecular weight is 237 g/mol. The molecule has 1 fully saturated rings. The highest BCUT2D eigenvalue weighted by Crippen LogP contribution is 2.32. The zero-order valence-electron chi connectivity index (χ0n) is 10.7. The highest BCUT2D eigenvalue weighted by molar-refractivity contribution is 5.11. The summed E-state index contributed by atoms with van der Waals surface area (Å²) in [4.78, 5) is 0. The van der Waals surface area contributed by atoms with Crippen LogP contribution in [0.1, 0.15) is 43.9 Å². The van der Waals surface area contributed by atoms with Crippen molar-refractivity contribution in [2.45, 2.75) is 45.8 Å². The Bertz CT molecular complexity index is 318. The highest BCUT2D eigenvalue weighted by atomic mass is 16.5. The summed E-state index contributed by atoms with van der Waals surface area (Å²) in [5.41, 5.74) is 1.21. The largest absolute Gasteiger partial charge is 0.467 e. The number of furan rings is 1.